The van der Waals surface area contributed by atoms with Gasteiger partial charge in [0.1, 0.15) is 23.7 Å². The number of ether oxygens (including phenoxy) is 1. The second-order valence-electron chi connectivity index (χ2n) is 13.7. The third-order valence-corrected chi connectivity index (χ3v) is 9.27. The molecule has 14 heteroatoms. The van der Waals surface area contributed by atoms with Crippen LogP contribution >= 0.6 is 0 Å². The fourth-order valence-electron chi connectivity index (χ4n) is 5.99. The molecule has 2 aromatic heterocycles. The van der Waals surface area contributed by atoms with Crippen molar-refractivity contribution < 1.29 is 19.1 Å². The van der Waals surface area contributed by atoms with Crippen LogP contribution in [0.3, 0.4) is 0 Å². The second kappa shape index (κ2) is 14.7. The van der Waals surface area contributed by atoms with Crippen LogP contribution < -0.4 is 30.9 Å². The Morgan fingerprint density at radius 2 is 1.86 bits per heavy atom. The summed E-state index contributed by atoms with van der Waals surface area (Å²) in [5, 5.41) is 17.7. The van der Waals surface area contributed by atoms with Crippen LogP contribution in [0.2, 0.25) is 0 Å². The molecule has 3 amide bonds. The predicted octanol–water partition coefficient (Wildman–Crippen LogP) is 4.26. The monoisotopic (exact) mass is 684 g/mol. The molecule has 266 valence electrons. The fraction of sp³-hybridized carbons (Fsp3) is 0.444. The van der Waals surface area contributed by atoms with Gasteiger partial charge in [-0.3, -0.25) is 19.1 Å². The highest BCUT2D eigenvalue weighted by molar-refractivity contribution is 5.99. The van der Waals surface area contributed by atoms with Crippen LogP contribution in [0.5, 0.6) is 5.75 Å². The molecular weight excluding hydrogens is 636 g/mol. The number of rotatable bonds is 11. The summed E-state index contributed by atoms with van der Waals surface area (Å²) in [6.07, 6.45) is 2.88. The molecule has 2 aromatic carbocycles. The summed E-state index contributed by atoms with van der Waals surface area (Å²) in [4.78, 5) is 52.8. The number of likely N-dealkylation sites (tertiary alicyclic amines) is 1. The quantitative estimate of drug-likeness (QED) is 0.180. The van der Waals surface area contributed by atoms with E-state index in [0.717, 1.165) is 22.3 Å². The zero-order valence-corrected chi connectivity index (χ0v) is 30.3. The molecule has 14 nitrogen and oxygen atoms in total. The van der Waals surface area contributed by atoms with Crippen LogP contribution in [-0.4, -0.2) is 88.2 Å². The number of methoxy groups -OCH3 is 1. The van der Waals surface area contributed by atoms with Crippen molar-refractivity contribution in [1.82, 2.24) is 35.3 Å². The summed E-state index contributed by atoms with van der Waals surface area (Å²) in [5.74, 6) is 0.656. The third kappa shape index (κ3) is 7.65. The van der Waals surface area contributed by atoms with E-state index in [1.165, 1.54) is 0 Å². The van der Waals surface area contributed by atoms with Crippen molar-refractivity contribution in [3.8, 4) is 5.75 Å². The number of aromatic nitrogens is 4. The maximum Gasteiger partial charge on any atom is 0.247 e. The smallest absolute Gasteiger partial charge is 0.247 e. The van der Waals surface area contributed by atoms with Crippen LogP contribution in [0.15, 0.2) is 48.7 Å². The Bertz CT molecular complexity index is 1880. The van der Waals surface area contributed by atoms with E-state index in [9.17, 15) is 14.4 Å². The summed E-state index contributed by atoms with van der Waals surface area (Å²) >= 11 is 0. The molecule has 1 fully saturated rings. The zero-order chi connectivity index (χ0) is 36.3. The van der Waals surface area contributed by atoms with Crippen molar-refractivity contribution >= 4 is 57.5 Å². The van der Waals surface area contributed by atoms with Crippen LogP contribution in [0.4, 0.5) is 28.8 Å². The van der Waals surface area contributed by atoms with Crippen LogP contribution in [-0.2, 0) is 21.4 Å². The minimum Gasteiger partial charge on any atom is -0.494 e. The molecular formula is C36H48N10O4. The first-order chi connectivity index (χ1) is 23.7. The molecule has 1 saturated heterocycles. The number of aryl methyl sites for hydroxylation is 2. The van der Waals surface area contributed by atoms with Gasteiger partial charge in [-0.15, -0.1) is 0 Å². The van der Waals surface area contributed by atoms with Gasteiger partial charge in [-0.25, -0.2) is 4.98 Å². The van der Waals surface area contributed by atoms with Gasteiger partial charge in [-0.1, -0.05) is 20.8 Å². The standard InChI is InChI=1S/C36H48N10O4/c1-21(37-6)32(47)42-31(36(3,4)5)34(49)46-18-10-11-28(46)33(48)39-23-12-15-26(29(19-23)50-9)40-35-38-17-16-30(41-35)44(7)24-13-14-25-22(2)45(8)43-27(25)20-24/h12-17,19-21,28,31,37H,10-11,18H2,1-9H3,(H,39,48)(H,42,47)(H,38,40,41)/t21-,28+,31+/m0/s1. The second-order valence-corrected chi connectivity index (χ2v) is 13.7. The van der Waals surface area contributed by atoms with Gasteiger partial charge in [0, 0.05) is 55.4 Å². The average Bonchev–Trinajstić information content (AvgIpc) is 3.70. The van der Waals surface area contributed by atoms with Gasteiger partial charge < -0.3 is 35.8 Å². The Labute approximate surface area is 293 Å². The van der Waals surface area contributed by atoms with Gasteiger partial charge in [0.2, 0.25) is 23.7 Å². The first kappa shape index (κ1) is 36.1. The summed E-state index contributed by atoms with van der Waals surface area (Å²) in [5.41, 5.74) is 3.49. The van der Waals surface area contributed by atoms with E-state index in [1.807, 2.05) is 69.6 Å². The summed E-state index contributed by atoms with van der Waals surface area (Å²) < 4.78 is 7.53. The number of nitrogens with zero attached hydrogens (tertiary/aromatic N) is 6. The van der Waals surface area contributed by atoms with E-state index in [1.54, 1.807) is 50.4 Å². The highest BCUT2D eigenvalue weighted by Crippen LogP contribution is 2.32. The van der Waals surface area contributed by atoms with Crippen LogP contribution in [0, 0.1) is 12.3 Å². The Kier molecular flexibility index (Phi) is 10.6. The number of hydrogen-bond donors (Lipinski definition) is 4. The lowest BCUT2D eigenvalue weighted by Gasteiger charge is -2.36. The van der Waals surface area contributed by atoms with E-state index >= 15 is 0 Å². The van der Waals surface area contributed by atoms with E-state index in [-0.39, 0.29) is 17.7 Å². The Morgan fingerprint density at radius 1 is 1.10 bits per heavy atom. The SMILES string of the molecule is CN[C@@H](C)C(=O)N[C@H](C(=O)N1CCC[C@@H]1C(=O)Nc1ccc(Nc2nccc(N(C)c3ccc4c(C)n(C)nc4c3)n2)c(OC)c1)C(C)(C)C. The highest BCUT2D eigenvalue weighted by Gasteiger charge is 2.42. The first-order valence-electron chi connectivity index (χ1n) is 16.8. The van der Waals surface area contributed by atoms with Crippen LogP contribution in [0.25, 0.3) is 10.9 Å². The number of carbonyl (C=O) groups is 3. The molecule has 0 aliphatic carbocycles. The number of amides is 3. The molecule has 50 heavy (non-hydrogen) atoms. The molecule has 0 unspecified atom stereocenters. The Hall–Kier alpha value is -5.24. The first-order valence-corrected chi connectivity index (χ1v) is 16.8. The number of anilines is 5. The van der Waals surface area contributed by atoms with Gasteiger partial charge in [0.15, 0.2) is 0 Å². The molecule has 1 aliphatic heterocycles. The van der Waals surface area contributed by atoms with Crippen molar-refractivity contribution in [2.75, 3.05) is 43.3 Å². The van der Waals surface area contributed by atoms with Crippen molar-refractivity contribution in [3.63, 3.8) is 0 Å². The summed E-state index contributed by atoms with van der Waals surface area (Å²) in [7, 11) is 7.10. The van der Waals surface area contributed by atoms with Crippen molar-refractivity contribution in [2.45, 2.75) is 65.6 Å². The van der Waals surface area contributed by atoms with Gasteiger partial charge in [0.25, 0.3) is 0 Å². The Balaban J connectivity index is 1.28. The fourth-order valence-corrected chi connectivity index (χ4v) is 5.99. The minimum atomic E-state index is -0.793. The summed E-state index contributed by atoms with van der Waals surface area (Å²) in [6, 6.07) is 11.3. The van der Waals surface area contributed by atoms with Gasteiger partial charge in [-0.2, -0.15) is 10.1 Å². The van der Waals surface area contributed by atoms with Crippen LogP contribution in [0.1, 0.15) is 46.2 Å². The number of benzene rings is 2. The molecule has 0 radical (unpaired) electrons. The maximum atomic E-state index is 13.8. The molecule has 3 atom stereocenters. The molecule has 0 spiro atoms. The molecule has 4 aromatic rings. The molecule has 3 heterocycles. The largest absolute Gasteiger partial charge is 0.494 e. The van der Waals surface area contributed by atoms with Gasteiger partial charge in [-0.05, 0) is 75.5 Å². The van der Waals surface area contributed by atoms with Crippen molar-refractivity contribution in [1.29, 1.82) is 0 Å². The van der Waals surface area contributed by atoms with Crippen molar-refractivity contribution in [3.05, 3.63) is 54.4 Å². The molecule has 0 saturated carbocycles. The Morgan fingerprint density at radius 3 is 2.56 bits per heavy atom. The van der Waals surface area contributed by atoms with E-state index in [2.05, 4.69) is 37.4 Å². The molecule has 4 N–H and O–H groups in total. The molecule has 5 rings (SSSR count). The number of carbonyl (C=O) groups excluding carboxylic acids is 3. The lowest BCUT2D eigenvalue weighted by Crippen LogP contribution is -2.59. The maximum absolute atomic E-state index is 13.8. The number of nitrogens with one attached hydrogen (secondary N) is 4. The minimum absolute atomic E-state index is 0.274. The zero-order valence-electron chi connectivity index (χ0n) is 30.3. The van der Waals surface area contributed by atoms with Crippen molar-refractivity contribution in [2.24, 2.45) is 12.5 Å². The lowest BCUT2D eigenvalue weighted by atomic mass is 9.85. The average molecular weight is 685 g/mol. The van der Waals surface area contributed by atoms with Gasteiger partial charge in [0.05, 0.1) is 24.4 Å². The lowest BCUT2D eigenvalue weighted by molar-refractivity contribution is -0.143. The highest BCUT2D eigenvalue weighted by atomic mass is 16.5. The van der Waals surface area contributed by atoms with Gasteiger partial charge >= 0.3 is 0 Å². The van der Waals surface area contributed by atoms with E-state index < -0.39 is 23.5 Å². The molecule has 0 bridgehead atoms. The number of hydrogen-bond acceptors (Lipinski definition) is 10. The molecule has 1 aliphatic rings. The summed E-state index contributed by atoms with van der Waals surface area (Å²) in [6.45, 7) is 9.90. The normalized spacial score (nSPS) is 15.8. The van der Waals surface area contributed by atoms with E-state index in [0.29, 0.717) is 48.3 Å². The predicted molar refractivity (Wildman–Crippen MR) is 195 cm³/mol. The number of fused-ring (bicyclic) bond motifs is 1. The third-order valence-electron chi connectivity index (χ3n) is 9.27. The topological polar surface area (TPSA) is 159 Å². The van der Waals surface area contributed by atoms with E-state index in [4.69, 9.17) is 9.72 Å². The number of likely N-dealkylation sites (N-methyl/N-ethyl adjacent to an activating group) is 1.